The molecule has 1 amide bonds. The fourth-order valence-corrected chi connectivity index (χ4v) is 10.6. The number of ketones is 1. The third-order valence-corrected chi connectivity index (χ3v) is 12.8. The van der Waals surface area contributed by atoms with E-state index in [2.05, 4.69) is 46.0 Å². The highest BCUT2D eigenvalue weighted by atomic mass is 16.5. The second-order valence-corrected chi connectivity index (χ2v) is 15.3. The average molecular weight is 551 g/mol. The molecule has 3 saturated carbocycles. The standard InChI is InChI=1S/C33H46N2O5/c1-19(36)35-32(7)23-9-10-30(5)24(29(23,4)16-20(18-34)26(32)38)15-22(37)25-21-17-28(2,3)11-13-33(21,27(39)40-8)14-12-31(25,30)6/h15-16,21,23,25-26,38H,9-14,17H2,1-8H3,(H,35,36)/t21?,23-,25?,26?,29+,30-,31-,32+,33+/m1/s1. The molecule has 0 aromatic heterocycles. The lowest BCUT2D eigenvalue weighted by atomic mass is 9.34. The van der Waals surface area contributed by atoms with Gasteiger partial charge in [0.2, 0.25) is 5.91 Å². The Balaban J connectivity index is 1.70. The van der Waals surface area contributed by atoms with Crippen LogP contribution >= 0.6 is 0 Å². The van der Waals surface area contributed by atoms with E-state index in [0.29, 0.717) is 6.42 Å². The van der Waals surface area contributed by atoms with Gasteiger partial charge in [0, 0.05) is 18.3 Å². The Labute approximate surface area is 238 Å². The van der Waals surface area contributed by atoms with Crippen molar-refractivity contribution in [3.05, 3.63) is 23.3 Å². The lowest BCUT2D eigenvalue weighted by Crippen LogP contribution is -2.70. The first kappa shape index (κ1) is 29.0. The van der Waals surface area contributed by atoms with Gasteiger partial charge in [-0.05, 0) is 86.0 Å². The molecule has 9 atom stereocenters. The van der Waals surface area contributed by atoms with Crippen molar-refractivity contribution in [3.8, 4) is 6.07 Å². The molecular formula is C33H46N2O5. The summed E-state index contributed by atoms with van der Waals surface area (Å²) in [4.78, 5) is 40.3. The second kappa shape index (κ2) is 8.77. The van der Waals surface area contributed by atoms with Gasteiger partial charge in [0.1, 0.15) is 6.10 Å². The minimum atomic E-state index is -1.13. The van der Waals surface area contributed by atoms with Crippen molar-refractivity contribution in [3.63, 3.8) is 0 Å². The molecule has 7 nitrogen and oxygen atoms in total. The summed E-state index contributed by atoms with van der Waals surface area (Å²) < 4.78 is 5.41. The monoisotopic (exact) mass is 550 g/mol. The van der Waals surface area contributed by atoms with E-state index in [1.807, 2.05) is 19.1 Å². The number of hydrogen-bond donors (Lipinski definition) is 2. The van der Waals surface area contributed by atoms with Gasteiger partial charge in [-0.3, -0.25) is 14.4 Å². The molecule has 0 spiro atoms. The zero-order chi connectivity index (χ0) is 29.7. The first-order valence-electron chi connectivity index (χ1n) is 14.9. The molecule has 5 rings (SSSR count). The van der Waals surface area contributed by atoms with Gasteiger partial charge in [-0.25, -0.2) is 0 Å². The van der Waals surface area contributed by atoms with E-state index < -0.39 is 27.9 Å². The van der Waals surface area contributed by atoms with Crippen molar-refractivity contribution < 1.29 is 24.2 Å². The van der Waals surface area contributed by atoms with Gasteiger partial charge in [0.15, 0.2) is 5.78 Å². The summed E-state index contributed by atoms with van der Waals surface area (Å²) in [6.07, 6.45) is 8.01. The summed E-state index contributed by atoms with van der Waals surface area (Å²) in [7, 11) is 1.47. The topological polar surface area (TPSA) is 116 Å². The number of aliphatic hydroxyl groups is 1. The molecule has 0 radical (unpaired) electrons. The number of nitrogens with zero attached hydrogens (tertiary/aromatic N) is 1. The third-order valence-electron chi connectivity index (χ3n) is 12.8. The molecule has 218 valence electrons. The van der Waals surface area contributed by atoms with Crippen LogP contribution in [0.2, 0.25) is 0 Å². The van der Waals surface area contributed by atoms with Gasteiger partial charge in [-0.1, -0.05) is 46.3 Å². The van der Waals surface area contributed by atoms with E-state index >= 15 is 0 Å². The predicted octanol–water partition coefficient (Wildman–Crippen LogP) is 5.04. The number of esters is 1. The van der Waals surface area contributed by atoms with Crippen LogP contribution in [0.3, 0.4) is 0 Å². The maximum absolute atomic E-state index is 14.5. The van der Waals surface area contributed by atoms with E-state index in [-0.39, 0.29) is 51.8 Å². The Morgan fingerprint density at radius 1 is 1.07 bits per heavy atom. The van der Waals surface area contributed by atoms with Gasteiger partial charge in [0.05, 0.1) is 29.7 Å². The van der Waals surface area contributed by atoms with Crippen LogP contribution in [-0.4, -0.2) is 41.5 Å². The number of amides is 1. The fourth-order valence-electron chi connectivity index (χ4n) is 10.6. The van der Waals surface area contributed by atoms with Crippen molar-refractivity contribution in [2.45, 2.75) is 105 Å². The first-order chi connectivity index (χ1) is 18.5. The number of rotatable bonds is 2. The first-order valence-corrected chi connectivity index (χ1v) is 14.9. The van der Waals surface area contributed by atoms with Crippen LogP contribution in [0.15, 0.2) is 23.3 Å². The molecule has 5 aliphatic carbocycles. The van der Waals surface area contributed by atoms with Gasteiger partial charge in [-0.2, -0.15) is 5.26 Å². The van der Waals surface area contributed by atoms with Crippen LogP contribution in [0.1, 0.15) is 93.4 Å². The lowest BCUT2D eigenvalue weighted by Gasteiger charge is -2.69. The Hall–Kier alpha value is -2.46. The van der Waals surface area contributed by atoms with E-state index in [1.54, 1.807) is 0 Å². The number of nitrogens with one attached hydrogen (secondary N) is 1. The molecule has 0 aliphatic heterocycles. The van der Waals surface area contributed by atoms with Crippen LogP contribution in [0.25, 0.3) is 0 Å². The van der Waals surface area contributed by atoms with Crippen molar-refractivity contribution >= 4 is 17.7 Å². The minimum absolute atomic E-state index is 0.0272. The van der Waals surface area contributed by atoms with Gasteiger partial charge < -0.3 is 15.2 Å². The molecule has 0 aromatic rings. The van der Waals surface area contributed by atoms with Crippen LogP contribution < -0.4 is 5.32 Å². The molecule has 0 saturated heterocycles. The Morgan fingerprint density at radius 2 is 1.73 bits per heavy atom. The Bertz CT molecular complexity index is 1280. The summed E-state index contributed by atoms with van der Waals surface area (Å²) in [5.74, 6) is -0.973. The average Bonchev–Trinajstić information content (AvgIpc) is 2.86. The van der Waals surface area contributed by atoms with Gasteiger partial charge >= 0.3 is 5.97 Å². The Kier molecular flexibility index (Phi) is 6.37. The summed E-state index contributed by atoms with van der Waals surface area (Å²) in [5.41, 5.74) is -1.90. The number of hydrogen-bond acceptors (Lipinski definition) is 6. The SMILES string of the molecule is COC(=O)[C@]12CCC(C)(C)CC1C1C(=O)C=C3[C@@]4(C)C=C(C#N)C(O)[C@@](C)(NC(C)=O)[C@@H]4CC[C@@]3(C)[C@]1(C)CC2. The number of ether oxygens (including phenoxy) is 1. The molecule has 3 unspecified atom stereocenters. The number of aliphatic hydroxyl groups excluding tert-OH is 1. The molecule has 7 heteroatoms. The molecule has 0 heterocycles. The predicted molar refractivity (Wildman–Crippen MR) is 150 cm³/mol. The maximum atomic E-state index is 14.5. The maximum Gasteiger partial charge on any atom is 0.312 e. The highest BCUT2D eigenvalue weighted by molar-refractivity contribution is 5.96. The number of allylic oxidation sites excluding steroid dienone is 3. The Morgan fingerprint density at radius 3 is 2.33 bits per heavy atom. The fraction of sp³-hybridized carbons (Fsp3) is 0.758. The second-order valence-electron chi connectivity index (χ2n) is 15.3. The van der Waals surface area contributed by atoms with Crippen molar-refractivity contribution in [2.24, 2.45) is 44.8 Å². The molecule has 3 fully saturated rings. The largest absolute Gasteiger partial charge is 0.469 e. The summed E-state index contributed by atoms with van der Waals surface area (Å²) in [6, 6.07) is 2.19. The quantitative estimate of drug-likeness (QED) is 0.466. The molecule has 40 heavy (non-hydrogen) atoms. The molecule has 0 aromatic carbocycles. The van der Waals surface area contributed by atoms with Crippen LogP contribution in [0.4, 0.5) is 0 Å². The van der Waals surface area contributed by atoms with E-state index in [0.717, 1.165) is 44.1 Å². The normalized spacial score (nSPS) is 47.1. The smallest absolute Gasteiger partial charge is 0.312 e. The number of carbonyl (C=O) groups excluding carboxylic acids is 3. The minimum Gasteiger partial charge on any atom is -0.469 e. The lowest BCUT2D eigenvalue weighted by molar-refractivity contribution is -0.191. The third kappa shape index (κ3) is 3.53. The zero-order valence-corrected chi connectivity index (χ0v) is 25.4. The number of nitriles is 1. The van der Waals surface area contributed by atoms with Crippen molar-refractivity contribution in [1.82, 2.24) is 5.32 Å². The van der Waals surface area contributed by atoms with Crippen molar-refractivity contribution in [2.75, 3.05) is 7.11 Å². The van der Waals surface area contributed by atoms with E-state index in [4.69, 9.17) is 4.74 Å². The van der Waals surface area contributed by atoms with Gasteiger partial charge in [0.25, 0.3) is 0 Å². The van der Waals surface area contributed by atoms with Crippen LogP contribution in [0, 0.1) is 56.2 Å². The van der Waals surface area contributed by atoms with Gasteiger partial charge in [-0.15, -0.1) is 0 Å². The van der Waals surface area contributed by atoms with E-state index in [9.17, 15) is 24.8 Å². The highest BCUT2D eigenvalue weighted by Gasteiger charge is 2.71. The molecule has 2 N–H and O–H groups in total. The van der Waals surface area contributed by atoms with Crippen LogP contribution in [-0.2, 0) is 19.1 Å². The van der Waals surface area contributed by atoms with E-state index in [1.165, 1.54) is 14.0 Å². The number of fused-ring (bicyclic) bond motifs is 7. The van der Waals surface area contributed by atoms with Crippen molar-refractivity contribution in [1.29, 1.82) is 5.26 Å². The van der Waals surface area contributed by atoms with Crippen LogP contribution in [0.5, 0.6) is 0 Å². The molecule has 0 bridgehead atoms. The number of carbonyl (C=O) groups is 3. The molecule has 5 aliphatic rings. The summed E-state index contributed by atoms with van der Waals surface area (Å²) in [6.45, 7) is 14.4. The summed E-state index contributed by atoms with van der Waals surface area (Å²) >= 11 is 0. The zero-order valence-electron chi connectivity index (χ0n) is 25.4. The molecular weight excluding hydrogens is 504 g/mol. The number of methoxy groups -OCH3 is 1. The highest BCUT2D eigenvalue weighted by Crippen LogP contribution is 2.74. The summed E-state index contributed by atoms with van der Waals surface area (Å²) in [5, 5.41) is 24.3.